The molecule has 3 rings (SSSR count). The second-order valence-corrected chi connectivity index (χ2v) is 6.23. The minimum atomic E-state index is -0.380. The van der Waals surface area contributed by atoms with Gasteiger partial charge in [-0.3, -0.25) is 9.59 Å². The normalized spacial score (nSPS) is 16.3. The van der Waals surface area contributed by atoms with Crippen LogP contribution < -0.4 is 15.8 Å². The molecule has 0 aliphatic heterocycles. The van der Waals surface area contributed by atoms with E-state index in [1.54, 1.807) is 24.3 Å². The van der Waals surface area contributed by atoms with Gasteiger partial charge in [0, 0.05) is 18.1 Å². The standard InChI is InChI=1S/C17H18ClNO2/c1-19(13-5-3-2-4-6-13)15-14(16(20)17(15)21)11-7-9-12(18)10-8-11/h7-10,13H,2-6H2,1H3. The van der Waals surface area contributed by atoms with Crippen molar-refractivity contribution in [3.63, 3.8) is 0 Å². The summed E-state index contributed by atoms with van der Waals surface area (Å²) in [4.78, 5) is 26.0. The van der Waals surface area contributed by atoms with Gasteiger partial charge in [-0.05, 0) is 30.5 Å². The lowest BCUT2D eigenvalue weighted by Crippen LogP contribution is -2.45. The van der Waals surface area contributed by atoms with Gasteiger partial charge in [0.2, 0.25) is 10.9 Å². The van der Waals surface area contributed by atoms with Crippen LogP contribution in [-0.4, -0.2) is 13.1 Å². The molecule has 2 aromatic rings. The first-order valence-electron chi connectivity index (χ1n) is 7.41. The van der Waals surface area contributed by atoms with Gasteiger partial charge in [-0.25, -0.2) is 0 Å². The zero-order chi connectivity index (χ0) is 15.0. The summed E-state index contributed by atoms with van der Waals surface area (Å²) < 4.78 is 0. The molecule has 1 aliphatic rings. The molecule has 0 heterocycles. The summed E-state index contributed by atoms with van der Waals surface area (Å²) in [6.07, 6.45) is 5.84. The first-order chi connectivity index (χ1) is 10.1. The molecule has 2 aromatic carbocycles. The number of hydrogen-bond acceptors (Lipinski definition) is 3. The Morgan fingerprint density at radius 2 is 1.62 bits per heavy atom. The monoisotopic (exact) mass is 303 g/mol. The molecule has 21 heavy (non-hydrogen) atoms. The highest BCUT2D eigenvalue weighted by Crippen LogP contribution is 2.31. The maximum Gasteiger partial charge on any atom is 0.250 e. The van der Waals surface area contributed by atoms with E-state index in [-0.39, 0.29) is 10.9 Å². The summed E-state index contributed by atoms with van der Waals surface area (Å²) in [6.45, 7) is 0. The van der Waals surface area contributed by atoms with Crippen LogP contribution in [0.3, 0.4) is 0 Å². The number of halogens is 1. The number of benzene rings is 1. The van der Waals surface area contributed by atoms with Crippen molar-refractivity contribution >= 4 is 17.3 Å². The molecule has 0 spiro atoms. The third kappa shape index (κ3) is 2.51. The molecule has 0 atom stereocenters. The lowest BCUT2D eigenvalue weighted by molar-refractivity contribution is 0.427. The molecule has 1 saturated carbocycles. The van der Waals surface area contributed by atoms with Crippen molar-refractivity contribution in [2.45, 2.75) is 38.1 Å². The Balaban J connectivity index is 1.96. The minimum Gasteiger partial charge on any atom is -0.368 e. The molecule has 3 nitrogen and oxygen atoms in total. The summed E-state index contributed by atoms with van der Waals surface area (Å²) in [5.41, 5.74) is 1.17. The van der Waals surface area contributed by atoms with E-state index in [9.17, 15) is 9.59 Å². The van der Waals surface area contributed by atoms with E-state index in [2.05, 4.69) is 0 Å². The molecular weight excluding hydrogens is 286 g/mol. The second kappa shape index (κ2) is 5.64. The van der Waals surface area contributed by atoms with E-state index in [1.807, 2.05) is 11.9 Å². The minimum absolute atomic E-state index is 0.354. The largest absolute Gasteiger partial charge is 0.368 e. The lowest BCUT2D eigenvalue weighted by Gasteiger charge is -2.34. The summed E-state index contributed by atoms with van der Waals surface area (Å²) in [6, 6.07) is 7.47. The first kappa shape index (κ1) is 14.3. The van der Waals surface area contributed by atoms with E-state index in [0.717, 1.165) is 18.4 Å². The zero-order valence-corrected chi connectivity index (χ0v) is 12.8. The SMILES string of the molecule is CN(c1c(-c2ccc(Cl)cc2)c(=O)c1=O)C1CCCCC1. The maximum absolute atomic E-state index is 12.0. The molecule has 4 heteroatoms. The van der Waals surface area contributed by atoms with Gasteiger partial charge in [-0.2, -0.15) is 0 Å². The van der Waals surface area contributed by atoms with Crippen LogP contribution in [0.4, 0.5) is 5.69 Å². The first-order valence-corrected chi connectivity index (χ1v) is 7.79. The van der Waals surface area contributed by atoms with Crippen LogP contribution >= 0.6 is 11.6 Å². The molecule has 1 aliphatic carbocycles. The Bertz CT molecular complexity index is 707. The molecule has 0 amide bonds. The van der Waals surface area contributed by atoms with E-state index < -0.39 is 0 Å². The van der Waals surface area contributed by atoms with Gasteiger partial charge in [0.15, 0.2) is 0 Å². The van der Waals surface area contributed by atoms with E-state index >= 15 is 0 Å². The second-order valence-electron chi connectivity index (χ2n) is 5.79. The molecule has 1 fully saturated rings. The molecule has 0 unspecified atom stereocenters. The van der Waals surface area contributed by atoms with Crippen molar-refractivity contribution in [3.8, 4) is 11.1 Å². The Kier molecular flexibility index (Phi) is 3.85. The fourth-order valence-electron chi connectivity index (χ4n) is 3.25. The Morgan fingerprint density at radius 3 is 2.24 bits per heavy atom. The van der Waals surface area contributed by atoms with Crippen molar-refractivity contribution in [1.82, 2.24) is 0 Å². The van der Waals surface area contributed by atoms with Crippen LogP contribution in [0.2, 0.25) is 5.02 Å². The summed E-state index contributed by atoms with van der Waals surface area (Å²) in [7, 11) is 1.94. The van der Waals surface area contributed by atoms with Gasteiger partial charge in [-0.1, -0.05) is 43.0 Å². The Labute approximate surface area is 128 Å². The van der Waals surface area contributed by atoms with Crippen LogP contribution in [0.25, 0.3) is 11.1 Å². The van der Waals surface area contributed by atoms with Crippen molar-refractivity contribution in [3.05, 3.63) is 49.7 Å². The Morgan fingerprint density at radius 1 is 1.00 bits per heavy atom. The van der Waals surface area contributed by atoms with Gasteiger partial charge in [0.1, 0.15) is 5.69 Å². The van der Waals surface area contributed by atoms with E-state index in [0.29, 0.717) is 22.3 Å². The molecule has 110 valence electrons. The molecule has 0 radical (unpaired) electrons. The van der Waals surface area contributed by atoms with Crippen LogP contribution in [0, 0.1) is 0 Å². The highest BCUT2D eigenvalue weighted by Gasteiger charge is 2.29. The van der Waals surface area contributed by atoms with Gasteiger partial charge >= 0.3 is 0 Å². The average Bonchev–Trinajstić information content (AvgIpc) is 2.53. The van der Waals surface area contributed by atoms with Gasteiger partial charge in [0.05, 0.1) is 5.56 Å². The van der Waals surface area contributed by atoms with Crippen molar-refractivity contribution in [2.24, 2.45) is 0 Å². The summed E-state index contributed by atoms with van der Waals surface area (Å²) in [5.74, 6) is 0. The predicted molar refractivity (Wildman–Crippen MR) is 87.1 cm³/mol. The maximum atomic E-state index is 12.0. The van der Waals surface area contributed by atoms with Crippen LogP contribution in [0.5, 0.6) is 0 Å². The summed E-state index contributed by atoms with van der Waals surface area (Å²) in [5, 5.41) is 0.625. The zero-order valence-electron chi connectivity index (χ0n) is 12.1. The third-order valence-electron chi connectivity index (χ3n) is 4.49. The third-order valence-corrected chi connectivity index (χ3v) is 4.75. The van der Waals surface area contributed by atoms with Crippen LogP contribution in [0.1, 0.15) is 32.1 Å². The smallest absolute Gasteiger partial charge is 0.250 e. The fraction of sp³-hybridized carbons (Fsp3) is 0.412. The molecular formula is C17H18ClNO2. The topological polar surface area (TPSA) is 37.4 Å². The molecule has 0 saturated heterocycles. The number of hydrogen-bond donors (Lipinski definition) is 0. The van der Waals surface area contributed by atoms with Crippen LogP contribution in [0.15, 0.2) is 33.9 Å². The van der Waals surface area contributed by atoms with Crippen molar-refractivity contribution in [2.75, 3.05) is 11.9 Å². The molecule has 0 N–H and O–H groups in total. The number of anilines is 1. The number of nitrogens with zero attached hydrogens (tertiary/aromatic N) is 1. The Hall–Kier alpha value is -1.61. The summed E-state index contributed by atoms with van der Waals surface area (Å²) >= 11 is 5.88. The molecule has 0 aromatic heterocycles. The van der Waals surface area contributed by atoms with Gasteiger partial charge in [0.25, 0.3) is 0 Å². The number of rotatable bonds is 3. The van der Waals surface area contributed by atoms with Crippen LogP contribution in [-0.2, 0) is 0 Å². The van der Waals surface area contributed by atoms with Gasteiger partial charge < -0.3 is 4.90 Å². The molecule has 0 bridgehead atoms. The lowest BCUT2D eigenvalue weighted by atomic mass is 9.91. The fourth-order valence-corrected chi connectivity index (χ4v) is 3.38. The van der Waals surface area contributed by atoms with Gasteiger partial charge in [-0.15, -0.1) is 0 Å². The quantitative estimate of drug-likeness (QED) is 0.816. The van der Waals surface area contributed by atoms with Crippen molar-refractivity contribution < 1.29 is 0 Å². The highest BCUT2D eigenvalue weighted by molar-refractivity contribution is 6.30. The average molecular weight is 304 g/mol. The van der Waals surface area contributed by atoms with E-state index in [1.165, 1.54) is 19.3 Å². The predicted octanol–water partition coefficient (Wildman–Crippen LogP) is 3.37. The van der Waals surface area contributed by atoms with Crippen molar-refractivity contribution in [1.29, 1.82) is 0 Å². The van der Waals surface area contributed by atoms with E-state index in [4.69, 9.17) is 11.6 Å². The highest BCUT2D eigenvalue weighted by atomic mass is 35.5.